The van der Waals surface area contributed by atoms with E-state index < -0.39 is 0 Å². The lowest BCUT2D eigenvalue weighted by Crippen LogP contribution is -2.02. The van der Waals surface area contributed by atoms with Gasteiger partial charge in [-0.1, -0.05) is 13.8 Å². The van der Waals surface area contributed by atoms with Crippen LogP contribution in [0.25, 0.3) is 11.0 Å². The van der Waals surface area contributed by atoms with Gasteiger partial charge in [0.25, 0.3) is 0 Å². The van der Waals surface area contributed by atoms with Crippen molar-refractivity contribution < 1.29 is 4.39 Å². The summed E-state index contributed by atoms with van der Waals surface area (Å²) in [6, 6.07) is 1.34. The van der Waals surface area contributed by atoms with E-state index >= 15 is 0 Å². The number of hydrogen-bond donors (Lipinski definition) is 1. The molecule has 0 unspecified atom stereocenters. The summed E-state index contributed by atoms with van der Waals surface area (Å²) in [7, 11) is 0. The van der Waals surface area contributed by atoms with Gasteiger partial charge < -0.3 is 5.73 Å². The van der Waals surface area contributed by atoms with E-state index in [9.17, 15) is 4.39 Å². The summed E-state index contributed by atoms with van der Waals surface area (Å²) >= 11 is 0. The molecule has 0 spiro atoms. The second kappa shape index (κ2) is 3.42. The maximum absolute atomic E-state index is 13.6. The normalized spacial score (nSPS) is 11.2. The highest BCUT2D eigenvalue weighted by Gasteiger charge is 2.12. The minimum Gasteiger partial charge on any atom is -0.383 e. The lowest BCUT2D eigenvalue weighted by molar-refractivity contribution is 0.588. The van der Waals surface area contributed by atoms with Gasteiger partial charge in [-0.25, -0.2) is 19.3 Å². The first-order chi connectivity index (χ1) is 7.09. The Hall–Kier alpha value is -1.78. The summed E-state index contributed by atoms with van der Waals surface area (Å²) in [6.07, 6.45) is 1.33. The molecule has 0 fully saturated rings. The van der Waals surface area contributed by atoms with Crippen LogP contribution in [0.4, 0.5) is 10.2 Å². The first kappa shape index (κ1) is 9.76. The van der Waals surface area contributed by atoms with Crippen molar-refractivity contribution in [1.82, 2.24) is 15.0 Å². The monoisotopic (exact) mass is 206 g/mol. The van der Waals surface area contributed by atoms with Crippen molar-refractivity contribution in [3.63, 3.8) is 0 Å². The molecule has 4 nitrogen and oxygen atoms in total. The Kier molecular flexibility index (Phi) is 2.22. The third-order valence-corrected chi connectivity index (χ3v) is 2.18. The van der Waals surface area contributed by atoms with Crippen LogP contribution in [0.2, 0.25) is 0 Å². The number of rotatable bonds is 1. The number of halogens is 1. The van der Waals surface area contributed by atoms with E-state index in [2.05, 4.69) is 15.0 Å². The zero-order valence-corrected chi connectivity index (χ0v) is 8.53. The van der Waals surface area contributed by atoms with Crippen molar-refractivity contribution in [1.29, 1.82) is 0 Å². The second-order valence-corrected chi connectivity index (χ2v) is 3.64. The molecule has 0 atom stereocenters. The highest BCUT2D eigenvalue weighted by atomic mass is 19.1. The molecule has 0 aliphatic heterocycles. The zero-order chi connectivity index (χ0) is 11.0. The summed E-state index contributed by atoms with van der Waals surface area (Å²) < 4.78 is 13.6. The molecule has 2 aromatic heterocycles. The van der Waals surface area contributed by atoms with Crippen LogP contribution in [0.15, 0.2) is 12.4 Å². The van der Waals surface area contributed by atoms with Crippen LogP contribution < -0.4 is 5.73 Å². The molecule has 0 aromatic carbocycles. The lowest BCUT2D eigenvalue weighted by Gasteiger charge is -2.07. The first-order valence-corrected chi connectivity index (χ1v) is 4.66. The van der Waals surface area contributed by atoms with Crippen molar-refractivity contribution in [2.45, 2.75) is 19.8 Å². The smallest absolute Gasteiger partial charge is 0.165 e. The fourth-order valence-electron chi connectivity index (χ4n) is 1.40. The molecular formula is C10H11FN4. The number of nitrogen functional groups attached to an aromatic ring is 1. The molecule has 0 amide bonds. The summed E-state index contributed by atoms with van der Waals surface area (Å²) in [5, 5.41) is 0.458. The van der Waals surface area contributed by atoms with Gasteiger partial charge in [0.1, 0.15) is 18.0 Å². The maximum Gasteiger partial charge on any atom is 0.165 e. The largest absolute Gasteiger partial charge is 0.383 e. The third kappa shape index (κ3) is 1.60. The molecule has 2 rings (SSSR count). The van der Waals surface area contributed by atoms with Crippen LogP contribution in [0.1, 0.15) is 25.5 Å². The fraction of sp³-hybridized carbons (Fsp3) is 0.300. The van der Waals surface area contributed by atoms with Crippen LogP contribution in [-0.4, -0.2) is 15.0 Å². The third-order valence-electron chi connectivity index (χ3n) is 2.18. The lowest BCUT2D eigenvalue weighted by atomic mass is 10.1. The molecule has 78 valence electrons. The highest BCUT2D eigenvalue weighted by Crippen LogP contribution is 2.22. The summed E-state index contributed by atoms with van der Waals surface area (Å²) in [4.78, 5) is 11.9. The molecule has 2 N–H and O–H groups in total. The van der Waals surface area contributed by atoms with Crippen molar-refractivity contribution in [2.75, 3.05) is 5.73 Å². The van der Waals surface area contributed by atoms with Crippen LogP contribution in [0, 0.1) is 5.82 Å². The highest BCUT2D eigenvalue weighted by molar-refractivity contribution is 5.84. The van der Waals surface area contributed by atoms with E-state index in [1.54, 1.807) is 0 Å². The van der Waals surface area contributed by atoms with Gasteiger partial charge in [0.2, 0.25) is 0 Å². The molecular weight excluding hydrogens is 195 g/mol. The van der Waals surface area contributed by atoms with Gasteiger partial charge in [-0.2, -0.15) is 0 Å². The van der Waals surface area contributed by atoms with E-state index in [0.29, 0.717) is 16.7 Å². The van der Waals surface area contributed by atoms with Crippen LogP contribution in [-0.2, 0) is 0 Å². The molecule has 0 saturated heterocycles. The van der Waals surface area contributed by atoms with E-state index in [0.717, 1.165) is 0 Å². The predicted octanol–water partition coefficient (Wildman–Crippen LogP) is 1.87. The molecule has 15 heavy (non-hydrogen) atoms. The Labute approximate surface area is 86.4 Å². The average Bonchev–Trinajstić information content (AvgIpc) is 2.18. The quantitative estimate of drug-likeness (QED) is 0.773. The second-order valence-electron chi connectivity index (χ2n) is 3.64. The number of pyridine rings is 1. The van der Waals surface area contributed by atoms with Crippen molar-refractivity contribution in [2.24, 2.45) is 0 Å². The molecule has 2 aromatic rings. The van der Waals surface area contributed by atoms with Gasteiger partial charge >= 0.3 is 0 Å². The van der Waals surface area contributed by atoms with E-state index in [-0.39, 0.29) is 17.6 Å². The Morgan fingerprint density at radius 1 is 1.33 bits per heavy atom. The molecule has 5 heteroatoms. The Bertz CT molecular complexity index is 510. The van der Waals surface area contributed by atoms with Gasteiger partial charge in [0.15, 0.2) is 5.65 Å². The van der Waals surface area contributed by atoms with E-state index in [1.165, 1.54) is 12.4 Å². The number of fused-ring (bicyclic) bond motifs is 1. The van der Waals surface area contributed by atoms with Gasteiger partial charge in [0, 0.05) is 0 Å². The van der Waals surface area contributed by atoms with Crippen molar-refractivity contribution in [3.05, 3.63) is 23.9 Å². The molecule has 2 heterocycles. The minimum absolute atomic E-state index is 0.0191. The van der Waals surface area contributed by atoms with Crippen molar-refractivity contribution in [3.8, 4) is 0 Å². The number of nitrogens with two attached hydrogens (primary N) is 1. The zero-order valence-electron chi connectivity index (χ0n) is 8.53. The van der Waals surface area contributed by atoms with E-state index in [4.69, 9.17) is 5.73 Å². The fourth-order valence-corrected chi connectivity index (χ4v) is 1.40. The molecule has 0 aliphatic carbocycles. The van der Waals surface area contributed by atoms with Gasteiger partial charge in [-0.05, 0) is 12.0 Å². The Morgan fingerprint density at radius 3 is 2.73 bits per heavy atom. The summed E-state index contributed by atoms with van der Waals surface area (Å²) in [5.74, 6) is -0.0914. The Morgan fingerprint density at radius 2 is 2.07 bits per heavy atom. The van der Waals surface area contributed by atoms with Crippen LogP contribution in [0.5, 0.6) is 0 Å². The predicted molar refractivity (Wildman–Crippen MR) is 55.8 cm³/mol. The Balaban J connectivity index is 2.76. The molecule has 0 saturated carbocycles. The molecule has 0 aliphatic rings. The maximum atomic E-state index is 13.6. The SMILES string of the molecule is CC(C)c1nc2ncnc(N)c2cc1F. The van der Waals surface area contributed by atoms with Gasteiger partial charge in [-0.3, -0.25) is 0 Å². The number of nitrogens with zero attached hydrogens (tertiary/aromatic N) is 3. The molecule has 0 bridgehead atoms. The summed E-state index contributed by atoms with van der Waals surface area (Å²) in [6.45, 7) is 3.75. The first-order valence-electron chi connectivity index (χ1n) is 4.66. The van der Waals surface area contributed by atoms with Gasteiger partial charge in [0.05, 0.1) is 11.1 Å². The number of hydrogen-bond acceptors (Lipinski definition) is 4. The minimum atomic E-state index is -0.362. The number of anilines is 1. The van der Waals surface area contributed by atoms with Crippen molar-refractivity contribution >= 4 is 16.9 Å². The number of aromatic nitrogens is 3. The van der Waals surface area contributed by atoms with Crippen LogP contribution >= 0.6 is 0 Å². The van der Waals surface area contributed by atoms with Gasteiger partial charge in [-0.15, -0.1) is 0 Å². The topological polar surface area (TPSA) is 64.7 Å². The summed E-state index contributed by atoms with van der Waals surface area (Å²) in [5.41, 5.74) is 6.43. The standard InChI is InChI=1S/C10H11FN4/c1-5(2)8-7(11)3-6-9(12)13-4-14-10(6)15-8/h3-5H,1-2H3,(H2,12,13,14,15). The van der Waals surface area contributed by atoms with Crippen LogP contribution in [0.3, 0.4) is 0 Å². The van der Waals surface area contributed by atoms with E-state index in [1.807, 2.05) is 13.8 Å². The average molecular weight is 206 g/mol. The molecule has 0 radical (unpaired) electrons.